The Morgan fingerprint density at radius 2 is 1.87 bits per heavy atom. The van der Waals surface area contributed by atoms with Crippen LogP contribution in [0.3, 0.4) is 0 Å². The molecule has 0 fully saturated rings. The van der Waals surface area contributed by atoms with E-state index in [0.29, 0.717) is 11.1 Å². The molecular formula is C18H14FNO3. The summed E-state index contributed by atoms with van der Waals surface area (Å²) in [5, 5.41) is 3.27. The molecule has 0 spiro atoms. The summed E-state index contributed by atoms with van der Waals surface area (Å²) in [6, 6.07) is 10.7. The van der Waals surface area contributed by atoms with Crippen LogP contribution in [0.2, 0.25) is 0 Å². The quantitative estimate of drug-likeness (QED) is 0.783. The van der Waals surface area contributed by atoms with Crippen molar-refractivity contribution in [3.63, 3.8) is 0 Å². The van der Waals surface area contributed by atoms with Crippen molar-refractivity contribution in [2.75, 3.05) is 5.32 Å². The molecule has 1 N–H and O–H groups in total. The Morgan fingerprint density at radius 3 is 2.65 bits per heavy atom. The normalized spacial score (nSPS) is 10.7. The molecule has 0 aliphatic rings. The molecular weight excluding hydrogens is 297 g/mol. The van der Waals surface area contributed by atoms with Crippen LogP contribution in [0, 0.1) is 19.7 Å². The van der Waals surface area contributed by atoms with Gasteiger partial charge in [0.15, 0.2) is 5.76 Å². The highest BCUT2D eigenvalue weighted by molar-refractivity contribution is 6.04. The van der Waals surface area contributed by atoms with Gasteiger partial charge in [-0.25, -0.2) is 9.18 Å². The molecule has 23 heavy (non-hydrogen) atoms. The van der Waals surface area contributed by atoms with Crippen LogP contribution in [0.1, 0.15) is 21.7 Å². The standard InChI is InChI=1S/C18H14FNO3/c1-10-3-4-11(2)15(7-10)20-17(21)16-9-12-8-13(19)5-6-14(12)18(22)23-16/h3-9H,1-2H3,(H,20,21). The molecule has 0 aliphatic heterocycles. The average Bonchev–Trinajstić information content (AvgIpc) is 2.50. The molecule has 0 aliphatic carbocycles. The van der Waals surface area contributed by atoms with Gasteiger partial charge in [-0.3, -0.25) is 4.79 Å². The molecule has 3 aromatic rings. The lowest BCUT2D eigenvalue weighted by Gasteiger charge is -2.09. The Bertz CT molecular complexity index is 976. The Morgan fingerprint density at radius 1 is 1.09 bits per heavy atom. The van der Waals surface area contributed by atoms with Crippen molar-refractivity contribution in [3.8, 4) is 0 Å². The minimum Gasteiger partial charge on any atom is -0.417 e. The first kappa shape index (κ1) is 15.0. The summed E-state index contributed by atoms with van der Waals surface area (Å²) < 4.78 is 18.4. The minimum atomic E-state index is -0.673. The lowest BCUT2D eigenvalue weighted by atomic mass is 10.1. The van der Waals surface area contributed by atoms with E-state index < -0.39 is 17.3 Å². The molecule has 1 amide bonds. The van der Waals surface area contributed by atoms with Crippen LogP contribution in [0.5, 0.6) is 0 Å². The molecule has 1 heterocycles. The molecule has 5 heteroatoms. The Labute approximate surface area is 131 Å². The van der Waals surface area contributed by atoms with E-state index >= 15 is 0 Å². The lowest BCUT2D eigenvalue weighted by Crippen LogP contribution is -2.15. The summed E-state index contributed by atoms with van der Waals surface area (Å²) in [4.78, 5) is 24.2. The van der Waals surface area contributed by atoms with Crippen LogP contribution in [-0.4, -0.2) is 5.91 Å². The second-order valence-electron chi connectivity index (χ2n) is 5.40. The van der Waals surface area contributed by atoms with Gasteiger partial charge in [0, 0.05) is 5.69 Å². The van der Waals surface area contributed by atoms with Gasteiger partial charge in [0.25, 0.3) is 5.91 Å². The van der Waals surface area contributed by atoms with E-state index in [1.165, 1.54) is 24.3 Å². The largest absolute Gasteiger partial charge is 0.417 e. The Hall–Kier alpha value is -2.95. The number of rotatable bonds is 2. The van der Waals surface area contributed by atoms with Crippen molar-refractivity contribution in [3.05, 3.63) is 75.6 Å². The minimum absolute atomic E-state index is 0.158. The summed E-state index contributed by atoms with van der Waals surface area (Å²) in [7, 11) is 0. The van der Waals surface area contributed by atoms with Crippen molar-refractivity contribution in [2.24, 2.45) is 0 Å². The average molecular weight is 311 g/mol. The highest BCUT2D eigenvalue weighted by Crippen LogP contribution is 2.19. The topological polar surface area (TPSA) is 59.3 Å². The van der Waals surface area contributed by atoms with Crippen LogP contribution < -0.4 is 10.9 Å². The van der Waals surface area contributed by atoms with Crippen LogP contribution in [0.25, 0.3) is 10.8 Å². The number of fused-ring (bicyclic) bond motifs is 1. The van der Waals surface area contributed by atoms with Gasteiger partial charge in [-0.05, 0) is 60.7 Å². The summed E-state index contributed by atoms with van der Waals surface area (Å²) in [5.41, 5.74) is 1.84. The Balaban J connectivity index is 2.01. The number of carbonyl (C=O) groups is 1. The summed E-state index contributed by atoms with van der Waals surface area (Å²) in [6.45, 7) is 3.77. The van der Waals surface area contributed by atoms with Gasteiger partial charge in [0.1, 0.15) is 5.82 Å². The third kappa shape index (κ3) is 2.99. The summed E-state index contributed by atoms with van der Waals surface area (Å²) in [6.07, 6.45) is 0. The zero-order valence-corrected chi connectivity index (χ0v) is 12.6. The molecule has 0 radical (unpaired) electrons. The van der Waals surface area contributed by atoms with Crippen molar-refractivity contribution < 1.29 is 13.6 Å². The number of halogens is 1. The molecule has 116 valence electrons. The fourth-order valence-electron chi connectivity index (χ4n) is 2.33. The first-order valence-corrected chi connectivity index (χ1v) is 7.06. The second kappa shape index (κ2) is 5.68. The fraction of sp³-hybridized carbons (Fsp3) is 0.111. The molecule has 3 rings (SSSR count). The zero-order chi connectivity index (χ0) is 16.6. The predicted molar refractivity (Wildman–Crippen MR) is 86.3 cm³/mol. The highest BCUT2D eigenvalue weighted by Gasteiger charge is 2.14. The van der Waals surface area contributed by atoms with E-state index in [9.17, 15) is 14.0 Å². The van der Waals surface area contributed by atoms with E-state index in [2.05, 4.69) is 5.32 Å². The maximum absolute atomic E-state index is 13.3. The van der Waals surface area contributed by atoms with Gasteiger partial charge in [-0.1, -0.05) is 12.1 Å². The second-order valence-corrected chi connectivity index (χ2v) is 5.40. The number of carbonyl (C=O) groups excluding carboxylic acids is 1. The van der Waals surface area contributed by atoms with Crippen molar-refractivity contribution in [1.29, 1.82) is 0 Å². The number of hydrogen-bond acceptors (Lipinski definition) is 3. The van der Waals surface area contributed by atoms with Gasteiger partial charge in [-0.15, -0.1) is 0 Å². The monoisotopic (exact) mass is 311 g/mol. The number of nitrogens with one attached hydrogen (secondary N) is 1. The maximum Gasteiger partial charge on any atom is 0.344 e. The van der Waals surface area contributed by atoms with Crippen LogP contribution in [0.4, 0.5) is 10.1 Å². The smallest absolute Gasteiger partial charge is 0.344 e. The van der Waals surface area contributed by atoms with Gasteiger partial charge < -0.3 is 9.73 Å². The fourth-order valence-corrected chi connectivity index (χ4v) is 2.33. The van der Waals surface area contributed by atoms with Crippen LogP contribution in [-0.2, 0) is 0 Å². The van der Waals surface area contributed by atoms with Crippen molar-refractivity contribution in [2.45, 2.75) is 13.8 Å². The van der Waals surface area contributed by atoms with Gasteiger partial charge in [-0.2, -0.15) is 0 Å². The van der Waals surface area contributed by atoms with Gasteiger partial charge in [0.2, 0.25) is 0 Å². The van der Waals surface area contributed by atoms with Gasteiger partial charge in [0.05, 0.1) is 5.39 Å². The third-order valence-corrected chi connectivity index (χ3v) is 3.59. The van der Waals surface area contributed by atoms with E-state index in [1.807, 2.05) is 32.0 Å². The first-order chi connectivity index (χ1) is 10.9. The predicted octanol–water partition coefficient (Wildman–Crippen LogP) is 3.80. The molecule has 1 aromatic heterocycles. The first-order valence-electron chi connectivity index (χ1n) is 7.06. The van der Waals surface area contributed by atoms with Crippen molar-refractivity contribution >= 4 is 22.4 Å². The van der Waals surface area contributed by atoms with Crippen molar-refractivity contribution in [1.82, 2.24) is 0 Å². The van der Waals surface area contributed by atoms with E-state index in [1.54, 1.807) is 0 Å². The van der Waals surface area contributed by atoms with Crippen LogP contribution in [0.15, 0.2) is 51.7 Å². The lowest BCUT2D eigenvalue weighted by molar-refractivity contribution is 0.0993. The molecule has 2 aromatic carbocycles. The van der Waals surface area contributed by atoms with E-state index in [0.717, 1.165) is 11.1 Å². The number of hydrogen-bond donors (Lipinski definition) is 1. The number of benzene rings is 2. The molecule has 4 nitrogen and oxygen atoms in total. The number of anilines is 1. The number of aryl methyl sites for hydroxylation is 2. The molecule has 0 saturated carbocycles. The highest BCUT2D eigenvalue weighted by atomic mass is 19.1. The van der Waals surface area contributed by atoms with Crippen LogP contribution >= 0.6 is 0 Å². The molecule has 0 unspecified atom stereocenters. The summed E-state index contributed by atoms with van der Waals surface area (Å²) >= 11 is 0. The summed E-state index contributed by atoms with van der Waals surface area (Å²) in [5.74, 6) is -1.19. The third-order valence-electron chi connectivity index (χ3n) is 3.59. The zero-order valence-electron chi connectivity index (χ0n) is 12.6. The van der Waals surface area contributed by atoms with E-state index in [-0.39, 0.29) is 11.1 Å². The molecule has 0 bridgehead atoms. The molecule has 0 atom stereocenters. The SMILES string of the molecule is Cc1ccc(C)c(NC(=O)c2cc3cc(F)ccc3c(=O)o2)c1. The van der Waals surface area contributed by atoms with Gasteiger partial charge >= 0.3 is 5.63 Å². The maximum atomic E-state index is 13.3. The number of amides is 1. The Kier molecular flexibility index (Phi) is 3.70. The molecule has 0 saturated heterocycles. The van der Waals surface area contributed by atoms with E-state index in [4.69, 9.17) is 4.42 Å².